The Balaban J connectivity index is 2.03. The molecule has 0 N–H and O–H groups in total. The molecular formula is C9H14. The van der Waals surface area contributed by atoms with E-state index in [9.17, 15) is 0 Å². The van der Waals surface area contributed by atoms with Crippen LogP contribution in [0.5, 0.6) is 0 Å². The molecule has 0 aromatic rings. The Bertz CT molecular complexity index is 153. The molecule has 0 aromatic heterocycles. The Morgan fingerprint density at radius 3 is 2.89 bits per heavy atom. The molecule has 2 aliphatic carbocycles. The summed E-state index contributed by atoms with van der Waals surface area (Å²) in [6, 6.07) is 0. The molecule has 50 valence electrons. The molecule has 0 spiro atoms. The van der Waals surface area contributed by atoms with Crippen molar-refractivity contribution in [2.45, 2.75) is 39.0 Å². The number of hydrogen-bond donors (Lipinski definition) is 0. The Labute approximate surface area is 57.0 Å². The molecule has 2 rings (SSSR count). The lowest BCUT2D eigenvalue weighted by atomic mass is 10.1. The smallest absolute Gasteiger partial charge is 0.0160 e. The summed E-state index contributed by atoms with van der Waals surface area (Å²) in [6.07, 6.45) is 7.14. The molecule has 0 aliphatic heterocycles. The molecule has 1 saturated carbocycles. The van der Waals surface area contributed by atoms with Crippen LogP contribution in [0.25, 0.3) is 0 Å². The van der Waals surface area contributed by atoms with Crippen LogP contribution in [0.2, 0.25) is 0 Å². The number of hydrogen-bond acceptors (Lipinski definition) is 0. The highest BCUT2D eigenvalue weighted by atomic mass is 14.4. The van der Waals surface area contributed by atoms with Gasteiger partial charge in [0.15, 0.2) is 0 Å². The van der Waals surface area contributed by atoms with Crippen LogP contribution in [0.4, 0.5) is 0 Å². The summed E-state index contributed by atoms with van der Waals surface area (Å²) in [5.74, 6) is 1.08. The van der Waals surface area contributed by atoms with Crippen molar-refractivity contribution in [3.8, 4) is 0 Å². The average Bonchev–Trinajstić information content (AvgIpc) is 2.54. The van der Waals surface area contributed by atoms with Crippen LogP contribution in [0, 0.1) is 5.92 Å². The second-order valence-corrected chi connectivity index (χ2v) is 3.32. The first-order valence-electron chi connectivity index (χ1n) is 4.12. The van der Waals surface area contributed by atoms with Gasteiger partial charge in [-0.1, -0.05) is 24.5 Å². The fourth-order valence-corrected chi connectivity index (χ4v) is 2.01. The standard InChI is InChI=1S/C9H14/c1-2-3-7-4-5-8-6-9(7)8/h8H,2-6H2,1H3. The molecule has 0 heterocycles. The van der Waals surface area contributed by atoms with Crippen molar-refractivity contribution >= 4 is 0 Å². The van der Waals surface area contributed by atoms with Gasteiger partial charge in [-0.2, -0.15) is 0 Å². The number of allylic oxidation sites excluding steroid dienone is 2. The van der Waals surface area contributed by atoms with Crippen molar-refractivity contribution in [1.82, 2.24) is 0 Å². The third-order valence-corrected chi connectivity index (χ3v) is 2.60. The maximum Gasteiger partial charge on any atom is -0.0160 e. The van der Waals surface area contributed by atoms with Gasteiger partial charge in [-0.05, 0) is 31.6 Å². The Morgan fingerprint density at radius 1 is 1.56 bits per heavy atom. The van der Waals surface area contributed by atoms with Gasteiger partial charge in [-0.3, -0.25) is 0 Å². The third kappa shape index (κ3) is 0.810. The monoisotopic (exact) mass is 122 g/mol. The van der Waals surface area contributed by atoms with Crippen LogP contribution in [-0.4, -0.2) is 0 Å². The lowest BCUT2D eigenvalue weighted by Gasteiger charge is -1.97. The highest BCUT2D eigenvalue weighted by molar-refractivity contribution is 5.35. The van der Waals surface area contributed by atoms with E-state index in [1.807, 2.05) is 11.1 Å². The molecule has 1 fully saturated rings. The van der Waals surface area contributed by atoms with Crippen LogP contribution in [0.15, 0.2) is 11.1 Å². The van der Waals surface area contributed by atoms with Crippen molar-refractivity contribution in [1.29, 1.82) is 0 Å². The minimum absolute atomic E-state index is 1.08. The van der Waals surface area contributed by atoms with Crippen molar-refractivity contribution in [2.75, 3.05) is 0 Å². The van der Waals surface area contributed by atoms with Gasteiger partial charge in [0.2, 0.25) is 0 Å². The maximum absolute atomic E-state index is 2.28. The molecule has 1 atom stereocenters. The van der Waals surface area contributed by atoms with Crippen LogP contribution in [0.1, 0.15) is 39.0 Å². The second kappa shape index (κ2) is 1.86. The van der Waals surface area contributed by atoms with Crippen molar-refractivity contribution in [3.63, 3.8) is 0 Å². The molecule has 0 nitrogen and oxygen atoms in total. The van der Waals surface area contributed by atoms with E-state index < -0.39 is 0 Å². The summed E-state index contributed by atoms with van der Waals surface area (Å²) in [5.41, 5.74) is 3.67. The summed E-state index contributed by atoms with van der Waals surface area (Å²) in [7, 11) is 0. The van der Waals surface area contributed by atoms with Crippen LogP contribution >= 0.6 is 0 Å². The molecule has 0 bridgehead atoms. The van der Waals surface area contributed by atoms with Crippen molar-refractivity contribution in [2.24, 2.45) is 5.92 Å². The fourth-order valence-electron chi connectivity index (χ4n) is 2.01. The largest absolute Gasteiger partial charge is 0.0707 e. The molecule has 0 heteroatoms. The average molecular weight is 122 g/mol. The van der Waals surface area contributed by atoms with E-state index in [0.717, 1.165) is 5.92 Å². The first-order chi connectivity index (χ1) is 4.42. The van der Waals surface area contributed by atoms with Gasteiger partial charge < -0.3 is 0 Å². The number of fused-ring (bicyclic) bond motifs is 1. The van der Waals surface area contributed by atoms with E-state index in [4.69, 9.17) is 0 Å². The fraction of sp³-hybridized carbons (Fsp3) is 0.778. The lowest BCUT2D eigenvalue weighted by Crippen LogP contribution is -1.78. The van der Waals surface area contributed by atoms with Crippen LogP contribution in [-0.2, 0) is 0 Å². The van der Waals surface area contributed by atoms with Gasteiger partial charge in [0, 0.05) is 0 Å². The zero-order valence-corrected chi connectivity index (χ0v) is 6.11. The molecule has 1 unspecified atom stereocenters. The van der Waals surface area contributed by atoms with Crippen molar-refractivity contribution in [3.05, 3.63) is 11.1 Å². The first kappa shape index (κ1) is 5.52. The summed E-state index contributed by atoms with van der Waals surface area (Å²) < 4.78 is 0. The predicted octanol–water partition coefficient (Wildman–Crippen LogP) is 2.90. The van der Waals surface area contributed by atoms with E-state index >= 15 is 0 Å². The van der Waals surface area contributed by atoms with E-state index in [1.54, 1.807) is 0 Å². The Hall–Kier alpha value is -0.260. The minimum atomic E-state index is 1.08. The summed E-state index contributed by atoms with van der Waals surface area (Å²) in [4.78, 5) is 0. The molecule has 0 aromatic carbocycles. The van der Waals surface area contributed by atoms with Gasteiger partial charge in [0.05, 0.1) is 0 Å². The summed E-state index contributed by atoms with van der Waals surface area (Å²) in [6.45, 7) is 2.28. The van der Waals surface area contributed by atoms with E-state index in [-0.39, 0.29) is 0 Å². The zero-order chi connectivity index (χ0) is 6.27. The van der Waals surface area contributed by atoms with E-state index in [1.165, 1.54) is 32.1 Å². The van der Waals surface area contributed by atoms with Crippen LogP contribution in [0.3, 0.4) is 0 Å². The zero-order valence-electron chi connectivity index (χ0n) is 6.11. The quantitative estimate of drug-likeness (QED) is 0.494. The first-order valence-corrected chi connectivity index (χ1v) is 4.12. The molecule has 0 saturated heterocycles. The minimum Gasteiger partial charge on any atom is -0.0707 e. The van der Waals surface area contributed by atoms with Gasteiger partial charge in [-0.15, -0.1) is 0 Å². The second-order valence-electron chi connectivity index (χ2n) is 3.32. The van der Waals surface area contributed by atoms with Crippen LogP contribution < -0.4 is 0 Å². The molecular weight excluding hydrogens is 108 g/mol. The molecule has 2 aliphatic rings. The van der Waals surface area contributed by atoms with Gasteiger partial charge in [0.25, 0.3) is 0 Å². The lowest BCUT2D eigenvalue weighted by molar-refractivity contribution is 0.747. The molecule has 0 radical (unpaired) electrons. The van der Waals surface area contributed by atoms with Gasteiger partial charge >= 0.3 is 0 Å². The SMILES string of the molecule is CCCC1=C2CC2CC1. The number of rotatable bonds is 2. The highest BCUT2D eigenvalue weighted by Crippen LogP contribution is 2.51. The van der Waals surface area contributed by atoms with Crippen molar-refractivity contribution < 1.29 is 0 Å². The summed E-state index contributed by atoms with van der Waals surface area (Å²) in [5, 5.41) is 0. The molecule has 9 heavy (non-hydrogen) atoms. The Kier molecular flexibility index (Phi) is 1.14. The highest BCUT2D eigenvalue weighted by Gasteiger charge is 2.36. The summed E-state index contributed by atoms with van der Waals surface area (Å²) >= 11 is 0. The normalized spacial score (nSPS) is 31.0. The Morgan fingerprint density at radius 2 is 2.44 bits per heavy atom. The topological polar surface area (TPSA) is 0 Å². The predicted molar refractivity (Wildman–Crippen MR) is 39.3 cm³/mol. The van der Waals surface area contributed by atoms with E-state index in [0.29, 0.717) is 0 Å². The maximum atomic E-state index is 2.28. The van der Waals surface area contributed by atoms with Gasteiger partial charge in [0.1, 0.15) is 0 Å². The van der Waals surface area contributed by atoms with Gasteiger partial charge in [-0.25, -0.2) is 0 Å². The molecule has 0 amide bonds. The third-order valence-electron chi connectivity index (χ3n) is 2.60. The van der Waals surface area contributed by atoms with E-state index in [2.05, 4.69) is 6.92 Å².